The van der Waals surface area contributed by atoms with E-state index in [2.05, 4.69) is 6.92 Å². The number of carbonyl (C=O) groups excluding carboxylic acids is 2. The van der Waals surface area contributed by atoms with Gasteiger partial charge in [0.2, 0.25) is 0 Å². The number of hydrogen-bond donors (Lipinski definition) is 1. The maximum Gasteiger partial charge on any atom is 0.472 e. The van der Waals surface area contributed by atoms with Crippen LogP contribution in [-0.4, -0.2) is 74.9 Å². The zero-order valence-electron chi connectivity index (χ0n) is 33.0. The van der Waals surface area contributed by atoms with E-state index in [9.17, 15) is 19.0 Å². The summed E-state index contributed by atoms with van der Waals surface area (Å²) in [7, 11) is 1.49. The molecule has 0 spiro atoms. The van der Waals surface area contributed by atoms with Crippen molar-refractivity contribution in [1.82, 2.24) is 0 Å². The molecule has 1 rings (SSSR count). The van der Waals surface area contributed by atoms with Gasteiger partial charge in [-0.1, -0.05) is 161 Å². The minimum Gasteiger partial charge on any atom is -0.462 e. The first-order valence-electron chi connectivity index (χ1n) is 20.8. The van der Waals surface area contributed by atoms with Gasteiger partial charge in [0.25, 0.3) is 0 Å². The van der Waals surface area contributed by atoms with E-state index in [0.29, 0.717) is 17.4 Å². The highest BCUT2D eigenvalue weighted by Crippen LogP contribution is 2.43. The van der Waals surface area contributed by atoms with Crippen LogP contribution >= 0.6 is 7.82 Å². The molecule has 50 heavy (non-hydrogen) atoms. The van der Waals surface area contributed by atoms with Crippen molar-refractivity contribution in [2.24, 2.45) is 5.92 Å². The van der Waals surface area contributed by atoms with Crippen LogP contribution in [0.2, 0.25) is 0 Å². The highest BCUT2D eigenvalue weighted by molar-refractivity contribution is 7.47. The van der Waals surface area contributed by atoms with Crippen LogP contribution in [0.15, 0.2) is 0 Å². The summed E-state index contributed by atoms with van der Waals surface area (Å²) in [5, 5.41) is 0. The van der Waals surface area contributed by atoms with Crippen molar-refractivity contribution >= 4 is 19.8 Å². The topological polar surface area (TPSA) is 108 Å². The second-order valence-corrected chi connectivity index (χ2v) is 17.4. The Kier molecular flexibility index (Phi) is 28.7. The molecule has 9 nitrogen and oxygen atoms in total. The molecule has 0 aromatic heterocycles. The van der Waals surface area contributed by atoms with Crippen LogP contribution in [0, 0.1) is 5.92 Å². The molecule has 0 amide bonds. The SMILES string of the molecule is CCCCCCCCCCCCCCCC(=O)O[C@H](COC(=O)CCCCCCCCCCC1CCCC1)COP(=O)(O)OCC[N+](C)(C)C. The molecule has 10 heteroatoms. The van der Waals surface area contributed by atoms with Gasteiger partial charge in [0.05, 0.1) is 27.7 Å². The Balaban J connectivity index is 2.28. The number of quaternary nitrogens is 1. The molecular weight excluding hydrogens is 653 g/mol. The van der Waals surface area contributed by atoms with Crippen molar-refractivity contribution in [1.29, 1.82) is 0 Å². The number of hydrogen-bond acceptors (Lipinski definition) is 7. The van der Waals surface area contributed by atoms with E-state index in [4.69, 9.17) is 18.5 Å². The predicted molar refractivity (Wildman–Crippen MR) is 204 cm³/mol. The van der Waals surface area contributed by atoms with Gasteiger partial charge in [-0.25, -0.2) is 4.57 Å². The Morgan fingerprint density at radius 3 is 1.62 bits per heavy atom. The Bertz CT molecular complexity index is 874. The number of phosphoric acid groups is 1. The summed E-state index contributed by atoms with van der Waals surface area (Å²) >= 11 is 0. The summed E-state index contributed by atoms with van der Waals surface area (Å²) in [5.74, 6) is 0.211. The van der Waals surface area contributed by atoms with Crippen LogP contribution in [0.25, 0.3) is 0 Å². The van der Waals surface area contributed by atoms with Crippen LogP contribution in [0.4, 0.5) is 0 Å². The maximum absolute atomic E-state index is 12.6. The molecule has 0 aliphatic heterocycles. The summed E-state index contributed by atoms with van der Waals surface area (Å²) in [6, 6.07) is 0. The zero-order valence-corrected chi connectivity index (χ0v) is 33.9. The molecule has 0 aromatic carbocycles. The highest BCUT2D eigenvalue weighted by Gasteiger charge is 2.27. The van der Waals surface area contributed by atoms with Crippen LogP contribution in [0.1, 0.15) is 187 Å². The number of carbonyl (C=O) groups is 2. The molecule has 0 saturated heterocycles. The van der Waals surface area contributed by atoms with Crippen molar-refractivity contribution in [3.8, 4) is 0 Å². The normalized spacial score (nSPS) is 15.6. The molecule has 0 radical (unpaired) electrons. The van der Waals surface area contributed by atoms with Crippen molar-refractivity contribution in [3.05, 3.63) is 0 Å². The lowest BCUT2D eigenvalue weighted by molar-refractivity contribution is -0.870. The van der Waals surface area contributed by atoms with Gasteiger partial charge in [-0.15, -0.1) is 0 Å². The van der Waals surface area contributed by atoms with Crippen molar-refractivity contribution < 1.29 is 42.1 Å². The van der Waals surface area contributed by atoms with Crippen LogP contribution in [0.3, 0.4) is 0 Å². The van der Waals surface area contributed by atoms with Gasteiger partial charge < -0.3 is 18.9 Å². The van der Waals surface area contributed by atoms with Crippen molar-refractivity contribution in [3.63, 3.8) is 0 Å². The van der Waals surface area contributed by atoms with E-state index in [0.717, 1.165) is 44.4 Å². The number of phosphoric ester groups is 1. The smallest absolute Gasteiger partial charge is 0.462 e. The van der Waals surface area contributed by atoms with Crippen LogP contribution in [0.5, 0.6) is 0 Å². The van der Waals surface area contributed by atoms with E-state index in [-0.39, 0.29) is 25.6 Å². The average Bonchev–Trinajstić information content (AvgIpc) is 3.58. The Morgan fingerprint density at radius 2 is 1.12 bits per heavy atom. The van der Waals surface area contributed by atoms with Gasteiger partial charge in [-0.05, 0) is 18.8 Å². The first kappa shape index (κ1) is 47.0. The maximum atomic E-state index is 12.6. The Morgan fingerprint density at radius 1 is 0.660 bits per heavy atom. The number of nitrogens with zero attached hydrogens (tertiary/aromatic N) is 1. The van der Waals surface area contributed by atoms with Gasteiger partial charge in [0, 0.05) is 12.8 Å². The molecular formula is C40H79NO8P+. The lowest BCUT2D eigenvalue weighted by Crippen LogP contribution is -2.37. The summed E-state index contributed by atoms with van der Waals surface area (Å²) in [4.78, 5) is 35.3. The summed E-state index contributed by atoms with van der Waals surface area (Å²) in [6.45, 7) is 2.19. The molecule has 296 valence electrons. The molecule has 1 unspecified atom stereocenters. The number of likely N-dealkylation sites (N-methyl/N-ethyl adjacent to an activating group) is 1. The molecule has 1 saturated carbocycles. The standard InChI is InChI=1S/C40H78NO8P/c1-5-6-7-8-9-10-11-12-13-14-19-22-25-32-40(43)49-38(36-48-50(44,45)47-34-33-41(2,3)4)35-46-39(42)31-24-21-18-16-15-17-20-23-28-37-29-26-27-30-37/h37-38H,5-36H2,1-4H3/p+1/t38-/m1/s1. The van der Waals surface area contributed by atoms with Crippen molar-refractivity contribution in [2.75, 3.05) is 47.5 Å². The third kappa shape index (κ3) is 30.6. The number of ether oxygens (including phenoxy) is 2. The lowest BCUT2D eigenvalue weighted by atomic mass is 9.99. The van der Waals surface area contributed by atoms with Crippen LogP contribution < -0.4 is 0 Å². The average molecular weight is 733 g/mol. The Hall–Kier alpha value is -0.990. The molecule has 0 bridgehead atoms. The minimum absolute atomic E-state index is 0.0379. The second kappa shape index (κ2) is 30.5. The highest BCUT2D eigenvalue weighted by atomic mass is 31.2. The summed E-state index contributed by atoms with van der Waals surface area (Å²) in [5.41, 5.74) is 0. The molecule has 1 aliphatic carbocycles. The third-order valence-electron chi connectivity index (χ3n) is 9.87. The van der Waals surface area contributed by atoms with Crippen LogP contribution in [-0.2, 0) is 32.7 Å². The van der Waals surface area contributed by atoms with E-state index < -0.39 is 26.5 Å². The second-order valence-electron chi connectivity index (χ2n) is 15.9. The van der Waals surface area contributed by atoms with E-state index >= 15 is 0 Å². The largest absolute Gasteiger partial charge is 0.472 e. The van der Waals surface area contributed by atoms with Gasteiger partial charge >= 0.3 is 19.8 Å². The first-order valence-corrected chi connectivity index (χ1v) is 22.3. The fraction of sp³-hybridized carbons (Fsp3) is 0.950. The number of rotatable bonds is 35. The third-order valence-corrected chi connectivity index (χ3v) is 10.9. The molecule has 1 fully saturated rings. The van der Waals surface area contributed by atoms with Gasteiger partial charge in [-0.3, -0.25) is 18.6 Å². The first-order chi connectivity index (χ1) is 24.0. The van der Waals surface area contributed by atoms with E-state index in [1.165, 1.54) is 128 Å². The molecule has 0 aromatic rings. The van der Waals surface area contributed by atoms with Gasteiger partial charge in [-0.2, -0.15) is 0 Å². The quantitative estimate of drug-likeness (QED) is 0.0297. The van der Waals surface area contributed by atoms with E-state index in [1.807, 2.05) is 21.1 Å². The minimum atomic E-state index is -4.36. The number of esters is 2. The number of unbranched alkanes of at least 4 members (excludes halogenated alkanes) is 19. The molecule has 0 heterocycles. The van der Waals surface area contributed by atoms with E-state index in [1.54, 1.807) is 0 Å². The molecule has 2 atom stereocenters. The predicted octanol–water partition coefficient (Wildman–Crippen LogP) is 10.9. The summed E-state index contributed by atoms with van der Waals surface area (Å²) < 4.78 is 34.3. The monoisotopic (exact) mass is 733 g/mol. The van der Waals surface area contributed by atoms with Gasteiger partial charge in [0.15, 0.2) is 6.10 Å². The van der Waals surface area contributed by atoms with Gasteiger partial charge in [0.1, 0.15) is 19.8 Å². The zero-order chi connectivity index (χ0) is 36.8. The van der Waals surface area contributed by atoms with Crippen molar-refractivity contribution in [2.45, 2.75) is 193 Å². The fourth-order valence-electron chi connectivity index (χ4n) is 6.61. The Labute approximate surface area is 307 Å². The molecule has 1 aliphatic rings. The summed E-state index contributed by atoms with van der Waals surface area (Å²) in [6.07, 6.45) is 31.9. The fourth-order valence-corrected chi connectivity index (χ4v) is 7.35. The molecule has 1 N–H and O–H groups in total. The lowest BCUT2D eigenvalue weighted by Gasteiger charge is -2.24.